The third kappa shape index (κ3) is 3.67. The van der Waals surface area contributed by atoms with Crippen molar-refractivity contribution in [3.8, 4) is 0 Å². The summed E-state index contributed by atoms with van der Waals surface area (Å²) in [4.78, 5) is 2.69. The number of aromatic nitrogens is 2. The molecule has 1 saturated carbocycles. The van der Waals surface area contributed by atoms with Gasteiger partial charge in [-0.15, -0.1) is 0 Å². The van der Waals surface area contributed by atoms with E-state index in [1.54, 1.807) is 0 Å². The van der Waals surface area contributed by atoms with Gasteiger partial charge in [-0.2, -0.15) is 5.10 Å². The standard InChI is InChI=1S/C17H30N4/c1-14(2)20-12-15-6-3-7-16(13-20)17(15)18-8-4-10-21-11-5-9-19-21/h5,9,11,14-18H,3-4,6-8,10,12-13H2,1-2H3. The number of likely N-dealkylation sites (tertiary alicyclic amines) is 1. The third-order valence-corrected chi connectivity index (χ3v) is 5.34. The molecule has 0 radical (unpaired) electrons. The first-order chi connectivity index (χ1) is 10.2. The van der Waals surface area contributed by atoms with E-state index in [1.807, 2.05) is 16.9 Å². The second-order valence-electron chi connectivity index (χ2n) is 7.10. The van der Waals surface area contributed by atoms with Crippen molar-refractivity contribution in [1.82, 2.24) is 20.0 Å². The minimum Gasteiger partial charge on any atom is -0.313 e. The van der Waals surface area contributed by atoms with Crippen LogP contribution in [0.25, 0.3) is 0 Å². The van der Waals surface area contributed by atoms with E-state index >= 15 is 0 Å². The number of piperidine rings is 1. The van der Waals surface area contributed by atoms with Crippen LogP contribution in [0, 0.1) is 11.8 Å². The van der Waals surface area contributed by atoms with Crippen LogP contribution in [0.3, 0.4) is 0 Å². The smallest absolute Gasteiger partial charge is 0.0489 e. The van der Waals surface area contributed by atoms with Gasteiger partial charge in [0.05, 0.1) is 0 Å². The molecule has 3 rings (SSSR count). The highest BCUT2D eigenvalue weighted by atomic mass is 15.3. The Morgan fingerprint density at radius 2 is 2.00 bits per heavy atom. The first-order valence-electron chi connectivity index (χ1n) is 8.69. The van der Waals surface area contributed by atoms with Gasteiger partial charge in [-0.25, -0.2) is 0 Å². The minimum absolute atomic E-state index is 0.703. The first-order valence-corrected chi connectivity index (χ1v) is 8.69. The molecule has 1 aliphatic carbocycles. The van der Waals surface area contributed by atoms with Gasteiger partial charge in [0.25, 0.3) is 0 Å². The minimum atomic E-state index is 0.703. The summed E-state index contributed by atoms with van der Waals surface area (Å²) < 4.78 is 2.03. The van der Waals surface area contributed by atoms with Crippen LogP contribution in [0.4, 0.5) is 0 Å². The molecule has 2 bridgehead atoms. The lowest BCUT2D eigenvalue weighted by Crippen LogP contribution is -2.58. The third-order valence-electron chi connectivity index (χ3n) is 5.34. The second-order valence-corrected chi connectivity index (χ2v) is 7.10. The molecule has 0 aromatic carbocycles. The van der Waals surface area contributed by atoms with Crippen LogP contribution in [0.5, 0.6) is 0 Å². The van der Waals surface area contributed by atoms with Gasteiger partial charge in [-0.1, -0.05) is 6.42 Å². The molecule has 1 saturated heterocycles. The highest BCUT2D eigenvalue weighted by Gasteiger charge is 2.39. The summed E-state index contributed by atoms with van der Waals surface area (Å²) in [6, 6.07) is 3.46. The Balaban J connectivity index is 1.46. The molecule has 21 heavy (non-hydrogen) atoms. The van der Waals surface area contributed by atoms with Crippen molar-refractivity contribution in [2.45, 2.75) is 58.2 Å². The van der Waals surface area contributed by atoms with Gasteiger partial charge >= 0.3 is 0 Å². The molecule has 0 spiro atoms. The summed E-state index contributed by atoms with van der Waals surface area (Å²) in [6.07, 6.45) is 9.35. The van der Waals surface area contributed by atoms with Gasteiger partial charge in [-0.3, -0.25) is 4.68 Å². The van der Waals surface area contributed by atoms with E-state index in [0.717, 1.165) is 31.0 Å². The molecule has 2 atom stereocenters. The first kappa shape index (κ1) is 15.0. The van der Waals surface area contributed by atoms with Crippen LogP contribution in [-0.4, -0.2) is 46.4 Å². The Morgan fingerprint density at radius 1 is 1.24 bits per heavy atom. The summed E-state index contributed by atoms with van der Waals surface area (Å²) >= 11 is 0. The second kappa shape index (κ2) is 6.93. The largest absolute Gasteiger partial charge is 0.313 e. The Kier molecular flexibility index (Phi) is 4.96. The van der Waals surface area contributed by atoms with Gasteiger partial charge in [0.1, 0.15) is 0 Å². The molecule has 4 heteroatoms. The highest BCUT2D eigenvalue weighted by Crippen LogP contribution is 2.35. The number of hydrogen-bond donors (Lipinski definition) is 1. The number of aryl methyl sites for hydroxylation is 1. The summed E-state index contributed by atoms with van der Waals surface area (Å²) in [5, 5.41) is 8.15. The number of hydrogen-bond acceptors (Lipinski definition) is 3. The fraction of sp³-hybridized carbons (Fsp3) is 0.824. The van der Waals surface area contributed by atoms with Crippen molar-refractivity contribution in [3.63, 3.8) is 0 Å². The van der Waals surface area contributed by atoms with Crippen LogP contribution >= 0.6 is 0 Å². The SMILES string of the molecule is CC(C)N1CC2CCCC(C1)C2NCCCn1cccn1. The quantitative estimate of drug-likeness (QED) is 0.817. The summed E-state index contributed by atoms with van der Waals surface area (Å²) in [7, 11) is 0. The average molecular weight is 290 g/mol. The maximum atomic E-state index is 4.27. The van der Waals surface area contributed by atoms with Crippen molar-refractivity contribution in [2.24, 2.45) is 11.8 Å². The summed E-state index contributed by atoms with van der Waals surface area (Å²) in [6.45, 7) is 9.43. The number of nitrogens with one attached hydrogen (secondary N) is 1. The molecule has 0 amide bonds. The van der Waals surface area contributed by atoms with Crippen LogP contribution in [-0.2, 0) is 6.54 Å². The van der Waals surface area contributed by atoms with Crippen LogP contribution in [0.1, 0.15) is 39.5 Å². The van der Waals surface area contributed by atoms with Crippen molar-refractivity contribution in [3.05, 3.63) is 18.5 Å². The molecule has 1 N–H and O–H groups in total. The number of fused-ring (bicyclic) bond motifs is 2. The van der Waals surface area contributed by atoms with Crippen LogP contribution in [0.2, 0.25) is 0 Å². The fourth-order valence-electron chi connectivity index (χ4n) is 4.17. The van der Waals surface area contributed by atoms with E-state index < -0.39 is 0 Å². The molecule has 1 aliphatic heterocycles. The zero-order valence-electron chi connectivity index (χ0n) is 13.5. The Labute approximate surface area is 128 Å². The van der Waals surface area contributed by atoms with E-state index in [2.05, 4.69) is 35.4 Å². The fourth-order valence-corrected chi connectivity index (χ4v) is 4.17. The van der Waals surface area contributed by atoms with Gasteiger partial charge in [0.15, 0.2) is 0 Å². The molecule has 2 unspecified atom stereocenters. The lowest BCUT2D eigenvalue weighted by molar-refractivity contribution is 0.0296. The molecule has 4 nitrogen and oxygen atoms in total. The predicted molar refractivity (Wildman–Crippen MR) is 86.2 cm³/mol. The number of rotatable bonds is 6. The molecule has 2 aliphatic rings. The normalized spacial score (nSPS) is 30.0. The molecule has 118 valence electrons. The number of nitrogens with zero attached hydrogens (tertiary/aromatic N) is 3. The topological polar surface area (TPSA) is 33.1 Å². The molecular formula is C17H30N4. The van der Waals surface area contributed by atoms with Crippen LogP contribution < -0.4 is 5.32 Å². The molecule has 1 aromatic heterocycles. The lowest BCUT2D eigenvalue weighted by atomic mass is 9.73. The Morgan fingerprint density at radius 3 is 2.62 bits per heavy atom. The van der Waals surface area contributed by atoms with E-state index in [1.165, 1.54) is 38.8 Å². The lowest BCUT2D eigenvalue weighted by Gasteiger charge is -2.49. The zero-order valence-corrected chi connectivity index (χ0v) is 13.5. The zero-order chi connectivity index (χ0) is 14.7. The Bertz CT molecular complexity index is 400. The summed E-state index contributed by atoms with van der Waals surface area (Å²) in [5.41, 5.74) is 0. The van der Waals surface area contributed by atoms with Gasteiger partial charge in [-0.05, 0) is 57.6 Å². The average Bonchev–Trinajstić information content (AvgIpc) is 2.95. The van der Waals surface area contributed by atoms with E-state index in [0.29, 0.717) is 6.04 Å². The van der Waals surface area contributed by atoms with E-state index in [4.69, 9.17) is 0 Å². The van der Waals surface area contributed by atoms with Gasteiger partial charge in [0.2, 0.25) is 0 Å². The van der Waals surface area contributed by atoms with Gasteiger partial charge < -0.3 is 10.2 Å². The Hall–Kier alpha value is -0.870. The maximum Gasteiger partial charge on any atom is 0.0489 e. The van der Waals surface area contributed by atoms with Crippen LogP contribution in [0.15, 0.2) is 18.5 Å². The molecule has 1 aromatic rings. The molecule has 2 heterocycles. The van der Waals surface area contributed by atoms with E-state index in [9.17, 15) is 0 Å². The monoisotopic (exact) mass is 290 g/mol. The molecule has 2 fully saturated rings. The summed E-state index contributed by atoms with van der Waals surface area (Å²) in [5.74, 6) is 1.73. The van der Waals surface area contributed by atoms with Crippen molar-refractivity contribution >= 4 is 0 Å². The van der Waals surface area contributed by atoms with Crippen molar-refractivity contribution in [1.29, 1.82) is 0 Å². The van der Waals surface area contributed by atoms with Crippen molar-refractivity contribution < 1.29 is 0 Å². The predicted octanol–water partition coefficient (Wildman–Crippen LogP) is 2.37. The maximum absolute atomic E-state index is 4.27. The van der Waals surface area contributed by atoms with Crippen molar-refractivity contribution in [2.75, 3.05) is 19.6 Å². The van der Waals surface area contributed by atoms with Gasteiger partial charge in [0, 0.05) is 44.1 Å². The highest BCUT2D eigenvalue weighted by molar-refractivity contribution is 4.95. The van der Waals surface area contributed by atoms with E-state index in [-0.39, 0.29) is 0 Å². The molecular weight excluding hydrogens is 260 g/mol.